The molecule has 1 atom stereocenters. The number of ether oxygens (including phenoxy) is 1. The zero-order valence-corrected chi connectivity index (χ0v) is 11.9. The molecule has 6 nitrogen and oxygen atoms in total. The van der Waals surface area contributed by atoms with Crippen LogP contribution < -0.4 is 4.74 Å². The molecule has 0 aliphatic carbocycles. The summed E-state index contributed by atoms with van der Waals surface area (Å²) in [5.41, 5.74) is 0.336. The zero-order valence-electron chi connectivity index (χ0n) is 11.2. The number of aliphatic hydroxyl groups excluding tert-OH is 1. The van der Waals surface area contributed by atoms with E-state index in [-0.39, 0.29) is 11.4 Å². The summed E-state index contributed by atoms with van der Waals surface area (Å²) < 4.78 is 5.45. The number of aliphatic hydroxyl groups is 1. The molecule has 0 fully saturated rings. The van der Waals surface area contributed by atoms with Gasteiger partial charge >= 0.3 is 5.69 Å². The largest absolute Gasteiger partial charge is 0.448 e. The summed E-state index contributed by atoms with van der Waals surface area (Å²) in [6.07, 6.45) is 1.31. The molecule has 21 heavy (non-hydrogen) atoms. The van der Waals surface area contributed by atoms with Gasteiger partial charge < -0.3 is 9.84 Å². The first-order valence-electron chi connectivity index (χ1n) is 6.27. The maximum atomic E-state index is 10.9. The topological polar surface area (TPSA) is 85.5 Å². The number of pyridine rings is 1. The van der Waals surface area contributed by atoms with Gasteiger partial charge in [-0.25, -0.2) is 0 Å². The molecule has 1 heterocycles. The fourth-order valence-corrected chi connectivity index (χ4v) is 1.87. The number of nitro groups is 1. The van der Waals surface area contributed by atoms with Crippen LogP contribution in [0.1, 0.15) is 25.1 Å². The molecular weight excluding hydrogens is 296 g/mol. The molecule has 2 rings (SSSR count). The van der Waals surface area contributed by atoms with E-state index in [0.717, 1.165) is 0 Å². The summed E-state index contributed by atoms with van der Waals surface area (Å²) in [4.78, 5) is 14.5. The number of halogens is 1. The van der Waals surface area contributed by atoms with E-state index in [1.54, 1.807) is 12.1 Å². The first-order chi connectivity index (χ1) is 10.0. The monoisotopic (exact) mass is 308 g/mol. The minimum Gasteiger partial charge on any atom is -0.448 e. The molecule has 0 radical (unpaired) electrons. The van der Waals surface area contributed by atoms with Gasteiger partial charge in [0.1, 0.15) is 5.75 Å². The Bertz CT molecular complexity index is 646. The van der Waals surface area contributed by atoms with Crippen molar-refractivity contribution in [1.29, 1.82) is 0 Å². The van der Waals surface area contributed by atoms with E-state index in [4.69, 9.17) is 16.3 Å². The van der Waals surface area contributed by atoms with E-state index in [0.29, 0.717) is 22.9 Å². The van der Waals surface area contributed by atoms with Gasteiger partial charge in [-0.15, -0.1) is 0 Å². The summed E-state index contributed by atoms with van der Waals surface area (Å²) in [6.45, 7) is 1.84. The third kappa shape index (κ3) is 3.68. The van der Waals surface area contributed by atoms with Crippen LogP contribution in [0.25, 0.3) is 0 Å². The van der Waals surface area contributed by atoms with E-state index in [1.807, 2.05) is 6.92 Å². The van der Waals surface area contributed by atoms with Crippen molar-refractivity contribution in [2.24, 2.45) is 0 Å². The Balaban J connectivity index is 2.26. The number of nitrogens with zero attached hydrogens (tertiary/aromatic N) is 2. The van der Waals surface area contributed by atoms with Gasteiger partial charge in [-0.2, -0.15) is 0 Å². The molecule has 7 heteroatoms. The van der Waals surface area contributed by atoms with Gasteiger partial charge in [0.05, 0.1) is 22.9 Å². The molecule has 0 aliphatic heterocycles. The van der Waals surface area contributed by atoms with E-state index < -0.39 is 11.0 Å². The normalized spacial score (nSPS) is 12.0. The Morgan fingerprint density at radius 1 is 1.43 bits per heavy atom. The standard InChI is InChI=1S/C14H13ClN2O4/c1-2-13(18)11-5-4-10(8-16-11)21-14-7-9(15)3-6-12(14)17(19)20/h3-8,13,18H,2H2,1H3/t13-/m0/s1. The minimum absolute atomic E-state index is 0.0399. The number of hydrogen-bond acceptors (Lipinski definition) is 5. The average Bonchev–Trinajstić information content (AvgIpc) is 2.47. The zero-order chi connectivity index (χ0) is 15.4. The van der Waals surface area contributed by atoms with Crippen molar-refractivity contribution in [3.05, 3.63) is 57.4 Å². The molecule has 0 amide bonds. The molecular formula is C14H13ClN2O4. The van der Waals surface area contributed by atoms with Crippen LogP contribution in [0.5, 0.6) is 11.5 Å². The van der Waals surface area contributed by atoms with Crippen molar-refractivity contribution >= 4 is 17.3 Å². The molecule has 0 saturated carbocycles. The van der Waals surface area contributed by atoms with E-state index in [1.165, 1.54) is 24.4 Å². The molecule has 0 bridgehead atoms. The third-order valence-corrected chi connectivity index (χ3v) is 3.07. The van der Waals surface area contributed by atoms with Crippen molar-refractivity contribution in [2.45, 2.75) is 19.4 Å². The van der Waals surface area contributed by atoms with E-state index >= 15 is 0 Å². The van der Waals surface area contributed by atoms with Gasteiger partial charge in [0.15, 0.2) is 0 Å². The van der Waals surface area contributed by atoms with Crippen LogP contribution >= 0.6 is 11.6 Å². The second-order valence-corrected chi connectivity index (χ2v) is 4.75. The molecule has 110 valence electrons. The second kappa shape index (κ2) is 6.51. The second-order valence-electron chi connectivity index (χ2n) is 4.31. The van der Waals surface area contributed by atoms with Crippen LogP contribution in [0.3, 0.4) is 0 Å². The maximum Gasteiger partial charge on any atom is 0.311 e. The van der Waals surface area contributed by atoms with Gasteiger partial charge in [-0.05, 0) is 24.6 Å². The molecule has 1 aromatic carbocycles. The number of benzene rings is 1. The first kappa shape index (κ1) is 15.2. The highest BCUT2D eigenvalue weighted by Crippen LogP contribution is 2.33. The Hall–Kier alpha value is -2.18. The summed E-state index contributed by atoms with van der Waals surface area (Å²) >= 11 is 5.82. The highest BCUT2D eigenvalue weighted by Gasteiger charge is 2.16. The fraction of sp³-hybridized carbons (Fsp3) is 0.214. The smallest absolute Gasteiger partial charge is 0.311 e. The van der Waals surface area contributed by atoms with Crippen LogP contribution in [-0.2, 0) is 0 Å². The van der Waals surface area contributed by atoms with E-state index in [2.05, 4.69) is 4.98 Å². The quantitative estimate of drug-likeness (QED) is 0.669. The molecule has 1 N–H and O–H groups in total. The van der Waals surface area contributed by atoms with Crippen LogP contribution in [0.4, 0.5) is 5.69 Å². The Morgan fingerprint density at radius 3 is 2.76 bits per heavy atom. The van der Waals surface area contributed by atoms with Gasteiger partial charge in [0, 0.05) is 17.2 Å². The van der Waals surface area contributed by atoms with Gasteiger partial charge in [0.25, 0.3) is 0 Å². The summed E-state index contributed by atoms with van der Waals surface area (Å²) in [5, 5.41) is 20.9. The van der Waals surface area contributed by atoms with Crippen LogP contribution in [-0.4, -0.2) is 15.0 Å². The predicted molar refractivity (Wildman–Crippen MR) is 77.7 cm³/mol. The lowest BCUT2D eigenvalue weighted by molar-refractivity contribution is -0.385. The average molecular weight is 309 g/mol. The first-order valence-corrected chi connectivity index (χ1v) is 6.65. The molecule has 0 aliphatic rings. The fourth-order valence-electron chi connectivity index (χ4n) is 1.71. The van der Waals surface area contributed by atoms with Crippen LogP contribution in [0.2, 0.25) is 5.02 Å². The SMILES string of the molecule is CC[C@H](O)c1ccc(Oc2cc(Cl)ccc2[N+](=O)[O-])cn1. The van der Waals surface area contributed by atoms with Crippen molar-refractivity contribution in [3.63, 3.8) is 0 Å². The molecule has 2 aromatic rings. The van der Waals surface area contributed by atoms with Gasteiger partial charge in [-0.1, -0.05) is 18.5 Å². The van der Waals surface area contributed by atoms with Crippen molar-refractivity contribution in [3.8, 4) is 11.5 Å². The lowest BCUT2D eigenvalue weighted by Crippen LogP contribution is -1.99. The van der Waals surface area contributed by atoms with Crippen LogP contribution in [0.15, 0.2) is 36.5 Å². The highest BCUT2D eigenvalue weighted by molar-refractivity contribution is 6.30. The number of hydrogen-bond donors (Lipinski definition) is 1. The maximum absolute atomic E-state index is 10.9. The molecule has 0 spiro atoms. The molecule has 1 aromatic heterocycles. The van der Waals surface area contributed by atoms with Crippen LogP contribution in [0, 0.1) is 10.1 Å². The number of rotatable bonds is 5. The Labute approximate surface area is 126 Å². The predicted octanol–water partition coefficient (Wildman–Crippen LogP) is 3.88. The minimum atomic E-state index is -0.639. The van der Waals surface area contributed by atoms with Crippen molar-refractivity contribution in [1.82, 2.24) is 4.98 Å². The summed E-state index contributed by atoms with van der Waals surface area (Å²) in [7, 11) is 0. The molecule has 0 saturated heterocycles. The van der Waals surface area contributed by atoms with Crippen molar-refractivity contribution < 1.29 is 14.8 Å². The van der Waals surface area contributed by atoms with E-state index in [9.17, 15) is 15.2 Å². The Kier molecular flexibility index (Phi) is 4.72. The highest BCUT2D eigenvalue weighted by atomic mass is 35.5. The lowest BCUT2D eigenvalue weighted by atomic mass is 10.2. The third-order valence-electron chi connectivity index (χ3n) is 2.83. The number of aromatic nitrogens is 1. The van der Waals surface area contributed by atoms with Crippen molar-refractivity contribution in [2.75, 3.05) is 0 Å². The molecule has 0 unspecified atom stereocenters. The number of nitro benzene ring substituents is 1. The lowest BCUT2D eigenvalue weighted by Gasteiger charge is -2.09. The Morgan fingerprint density at radius 2 is 2.19 bits per heavy atom. The van der Waals surface area contributed by atoms with Gasteiger partial charge in [-0.3, -0.25) is 15.1 Å². The summed E-state index contributed by atoms with van der Waals surface area (Å²) in [6, 6.07) is 7.27. The summed E-state index contributed by atoms with van der Waals surface area (Å²) in [5.74, 6) is 0.366. The van der Waals surface area contributed by atoms with Gasteiger partial charge in [0.2, 0.25) is 5.75 Å².